The van der Waals surface area contributed by atoms with E-state index < -0.39 is 62.0 Å². The molecule has 0 amide bonds. The first-order chi connectivity index (χ1) is 17.1. The lowest BCUT2D eigenvalue weighted by Crippen LogP contribution is -2.39. The van der Waals surface area contributed by atoms with Crippen molar-refractivity contribution in [1.29, 1.82) is 5.26 Å². The van der Waals surface area contributed by atoms with Crippen LogP contribution >= 0.6 is 0 Å². The molecule has 1 saturated carbocycles. The molecule has 0 radical (unpaired) electrons. The summed E-state index contributed by atoms with van der Waals surface area (Å²) in [5.74, 6) is -14.9. The summed E-state index contributed by atoms with van der Waals surface area (Å²) >= 11 is 0. The highest BCUT2D eigenvalue weighted by atomic mass is 32.2. The monoisotopic (exact) mass is 528 g/mol. The number of benzene rings is 2. The van der Waals surface area contributed by atoms with Gasteiger partial charge < -0.3 is 4.18 Å². The first-order valence-electron chi connectivity index (χ1n) is 11.7. The van der Waals surface area contributed by atoms with Crippen molar-refractivity contribution in [2.75, 3.05) is 13.1 Å². The second-order valence-electron chi connectivity index (χ2n) is 9.39. The molecule has 1 heterocycles. The fraction of sp³-hybridized carbons (Fsp3) is 0.480. The molecule has 1 saturated heterocycles. The number of nitriles is 1. The molecular formula is C25H25F5N2O3S. The number of likely N-dealkylation sites (tertiary alicyclic amines) is 1. The smallest absolute Gasteiger partial charge is 0.312 e. The van der Waals surface area contributed by atoms with Crippen LogP contribution in [0, 0.1) is 58.2 Å². The van der Waals surface area contributed by atoms with Crippen LogP contribution in [0.25, 0.3) is 0 Å². The maximum Gasteiger partial charge on any atom is 0.312 e. The maximum absolute atomic E-state index is 14.2. The summed E-state index contributed by atoms with van der Waals surface area (Å²) in [6.45, 7) is 1.44. The molecule has 4 rings (SSSR count). The van der Waals surface area contributed by atoms with Gasteiger partial charge in [-0.2, -0.15) is 22.5 Å². The topological polar surface area (TPSA) is 70.4 Å². The maximum atomic E-state index is 14.2. The third kappa shape index (κ3) is 5.20. The molecule has 0 aromatic heterocycles. The molecule has 2 aromatic carbocycles. The average molecular weight is 529 g/mol. The van der Waals surface area contributed by atoms with Crippen LogP contribution in [0.4, 0.5) is 22.0 Å². The second kappa shape index (κ2) is 10.7. The van der Waals surface area contributed by atoms with E-state index in [2.05, 4.69) is 15.2 Å². The Kier molecular flexibility index (Phi) is 7.85. The lowest BCUT2D eigenvalue weighted by atomic mass is 9.80. The van der Waals surface area contributed by atoms with Crippen molar-refractivity contribution in [3.63, 3.8) is 0 Å². The Morgan fingerprint density at radius 3 is 2.11 bits per heavy atom. The van der Waals surface area contributed by atoms with E-state index in [4.69, 9.17) is 0 Å². The van der Waals surface area contributed by atoms with Crippen LogP contribution in [-0.4, -0.2) is 31.7 Å². The molecule has 5 nitrogen and oxygen atoms in total. The molecule has 4 atom stereocenters. The first-order valence-corrected chi connectivity index (χ1v) is 13.2. The van der Waals surface area contributed by atoms with Crippen LogP contribution in [0.3, 0.4) is 0 Å². The Morgan fingerprint density at radius 1 is 0.861 bits per heavy atom. The van der Waals surface area contributed by atoms with E-state index in [1.807, 2.05) is 30.3 Å². The van der Waals surface area contributed by atoms with Gasteiger partial charge in [-0.25, -0.2) is 13.2 Å². The van der Waals surface area contributed by atoms with Crippen molar-refractivity contribution in [3.05, 3.63) is 65.0 Å². The van der Waals surface area contributed by atoms with Crippen LogP contribution in [0.15, 0.2) is 30.3 Å². The molecule has 4 unspecified atom stereocenters. The fourth-order valence-electron chi connectivity index (χ4n) is 5.44. The fourth-order valence-corrected chi connectivity index (χ4v) is 7.16. The van der Waals surface area contributed by atoms with E-state index in [-0.39, 0.29) is 12.3 Å². The van der Waals surface area contributed by atoms with Gasteiger partial charge in [-0.15, -0.1) is 0 Å². The Morgan fingerprint density at radius 2 is 1.47 bits per heavy atom. The predicted octanol–water partition coefficient (Wildman–Crippen LogP) is 5.31. The Balaban J connectivity index is 1.62. The van der Waals surface area contributed by atoms with Crippen molar-refractivity contribution in [2.45, 2.75) is 43.9 Å². The SMILES string of the molecule is N#CC1CN(Cc2ccccc2)CC1C1CCCCCC1S(=O)(=O)Oc1c(F)c(F)c(F)c(F)c1F. The van der Waals surface area contributed by atoms with Crippen molar-refractivity contribution in [1.82, 2.24) is 4.90 Å². The van der Waals surface area contributed by atoms with Crippen LogP contribution in [-0.2, 0) is 16.7 Å². The van der Waals surface area contributed by atoms with Gasteiger partial charge in [0.25, 0.3) is 0 Å². The summed E-state index contributed by atoms with van der Waals surface area (Å²) in [5, 5.41) is 8.57. The van der Waals surface area contributed by atoms with Gasteiger partial charge >= 0.3 is 10.1 Å². The number of nitrogens with zero attached hydrogens (tertiary/aromatic N) is 2. The van der Waals surface area contributed by atoms with Gasteiger partial charge in [0, 0.05) is 19.6 Å². The van der Waals surface area contributed by atoms with Gasteiger partial charge in [0.1, 0.15) is 5.25 Å². The molecule has 1 aliphatic carbocycles. The summed E-state index contributed by atoms with van der Waals surface area (Å²) in [5.41, 5.74) is 1.04. The van der Waals surface area contributed by atoms with Gasteiger partial charge in [0.2, 0.25) is 34.8 Å². The second-order valence-corrected chi connectivity index (χ2v) is 11.2. The first kappa shape index (κ1) is 26.4. The number of halogens is 5. The van der Waals surface area contributed by atoms with Gasteiger partial charge in [-0.3, -0.25) is 4.90 Å². The number of hydrogen-bond acceptors (Lipinski definition) is 5. The van der Waals surface area contributed by atoms with Crippen LogP contribution < -0.4 is 4.18 Å². The molecule has 194 valence electrons. The molecule has 1 aliphatic heterocycles. The summed E-state index contributed by atoms with van der Waals surface area (Å²) in [6.07, 6.45) is 2.41. The predicted molar refractivity (Wildman–Crippen MR) is 120 cm³/mol. The highest BCUT2D eigenvalue weighted by Crippen LogP contribution is 2.42. The minimum atomic E-state index is -4.81. The van der Waals surface area contributed by atoms with Crippen molar-refractivity contribution >= 4 is 10.1 Å². The third-order valence-electron chi connectivity index (χ3n) is 7.15. The largest absolute Gasteiger partial charge is 0.376 e. The Hall–Kier alpha value is -2.71. The molecule has 2 fully saturated rings. The molecule has 0 bridgehead atoms. The van der Waals surface area contributed by atoms with E-state index in [1.165, 1.54) is 0 Å². The molecule has 36 heavy (non-hydrogen) atoms. The van der Waals surface area contributed by atoms with E-state index in [9.17, 15) is 35.6 Å². The Labute approximate surface area is 206 Å². The lowest BCUT2D eigenvalue weighted by molar-refractivity contribution is 0.253. The molecule has 11 heteroatoms. The van der Waals surface area contributed by atoms with Gasteiger partial charge in [-0.1, -0.05) is 49.6 Å². The van der Waals surface area contributed by atoms with Gasteiger partial charge in [0.05, 0.1) is 12.0 Å². The molecule has 0 N–H and O–H groups in total. The van der Waals surface area contributed by atoms with E-state index in [1.54, 1.807) is 0 Å². The highest BCUT2D eigenvalue weighted by molar-refractivity contribution is 7.87. The summed E-state index contributed by atoms with van der Waals surface area (Å²) in [4.78, 5) is 2.06. The van der Waals surface area contributed by atoms with Crippen LogP contribution in [0.2, 0.25) is 0 Å². The van der Waals surface area contributed by atoms with Crippen LogP contribution in [0.1, 0.15) is 37.7 Å². The normalized spacial score (nSPS) is 25.3. The summed E-state index contributed by atoms with van der Waals surface area (Å²) in [6, 6.07) is 11.9. The zero-order chi connectivity index (χ0) is 26.0. The summed E-state index contributed by atoms with van der Waals surface area (Å²) in [7, 11) is -4.81. The Bertz CT molecular complexity index is 1220. The quantitative estimate of drug-likeness (QED) is 0.167. The number of rotatable bonds is 6. The molecule has 2 aromatic rings. The van der Waals surface area contributed by atoms with Gasteiger partial charge in [0.15, 0.2) is 0 Å². The zero-order valence-electron chi connectivity index (χ0n) is 19.3. The third-order valence-corrected chi connectivity index (χ3v) is 8.87. The van der Waals surface area contributed by atoms with Crippen molar-refractivity contribution in [2.24, 2.45) is 17.8 Å². The van der Waals surface area contributed by atoms with E-state index in [0.717, 1.165) is 5.56 Å². The molecular weight excluding hydrogens is 503 g/mol. The lowest BCUT2D eigenvalue weighted by Gasteiger charge is -2.31. The van der Waals surface area contributed by atoms with Crippen molar-refractivity contribution in [3.8, 4) is 11.8 Å². The number of hydrogen-bond donors (Lipinski definition) is 0. The zero-order valence-corrected chi connectivity index (χ0v) is 20.1. The van der Waals surface area contributed by atoms with Crippen LogP contribution in [0.5, 0.6) is 5.75 Å². The standard InChI is InChI=1S/C25H25F5N2O3S/c26-20-21(27)23(29)25(24(30)22(20)28)35-36(33,34)19-10-6-2-5-9-17(19)18-14-32(13-16(18)11-31)12-15-7-3-1-4-8-15/h1,3-4,7-8,16-19H,2,5-6,9-10,12-14H2. The van der Waals surface area contributed by atoms with Crippen molar-refractivity contribution < 1.29 is 34.6 Å². The highest BCUT2D eigenvalue weighted by Gasteiger charge is 2.47. The van der Waals surface area contributed by atoms with Gasteiger partial charge in [-0.05, 0) is 30.2 Å². The average Bonchev–Trinajstić information content (AvgIpc) is 3.10. The minimum absolute atomic E-state index is 0.0930. The minimum Gasteiger partial charge on any atom is -0.376 e. The molecule has 2 aliphatic rings. The van der Waals surface area contributed by atoms with E-state index >= 15 is 0 Å². The van der Waals surface area contributed by atoms with E-state index in [0.29, 0.717) is 45.3 Å². The summed E-state index contributed by atoms with van der Waals surface area (Å²) < 4.78 is 100. The molecule has 0 spiro atoms.